The van der Waals surface area contributed by atoms with Crippen molar-refractivity contribution in [3.8, 4) is 0 Å². The fourth-order valence-corrected chi connectivity index (χ4v) is 4.12. The highest BCUT2D eigenvalue weighted by Gasteiger charge is 2.30. The average Bonchev–Trinajstić information content (AvgIpc) is 2.55. The maximum Gasteiger partial charge on any atom is 0.243 e. The molecule has 1 saturated heterocycles. The first-order valence-corrected chi connectivity index (χ1v) is 8.78. The van der Waals surface area contributed by atoms with Crippen molar-refractivity contribution in [2.45, 2.75) is 4.90 Å². The van der Waals surface area contributed by atoms with Crippen LogP contribution in [-0.4, -0.2) is 38.9 Å². The Bertz CT molecular complexity index is 813. The monoisotopic (exact) mass is 356 g/mol. The van der Waals surface area contributed by atoms with Crippen LogP contribution in [0, 0.1) is 17.5 Å². The van der Waals surface area contributed by atoms with Crippen LogP contribution < -0.4 is 4.90 Å². The van der Waals surface area contributed by atoms with E-state index < -0.39 is 27.5 Å². The number of halogens is 3. The number of piperazine rings is 1. The van der Waals surface area contributed by atoms with E-state index in [1.54, 1.807) is 0 Å². The molecule has 1 fully saturated rings. The van der Waals surface area contributed by atoms with Crippen molar-refractivity contribution in [1.82, 2.24) is 4.31 Å². The molecule has 2 aromatic rings. The molecule has 128 valence electrons. The third-order valence-corrected chi connectivity index (χ3v) is 5.86. The number of benzene rings is 2. The van der Waals surface area contributed by atoms with Gasteiger partial charge in [-0.25, -0.2) is 21.6 Å². The number of hydrogen-bond acceptors (Lipinski definition) is 3. The minimum atomic E-state index is -3.75. The first kappa shape index (κ1) is 16.8. The number of anilines is 1. The zero-order chi connectivity index (χ0) is 17.3. The lowest BCUT2D eigenvalue weighted by atomic mass is 10.2. The van der Waals surface area contributed by atoms with Gasteiger partial charge >= 0.3 is 0 Å². The number of para-hydroxylation sites is 1. The summed E-state index contributed by atoms with van der Waals surface area (Å²) >= 11 is 0. The molecule has 1 aliphatic heterocycles. The molecule has 0 bridgehead atoms. The Kier molecular flexibility index (Phi) is 4.51. The first-order chi connectivity index (χ1) is 11.4. The van der Waals surface area contributed by atoms with Crippen molar-refractivity contribution in [3.05, 3.63) is 59.9 Å². The van der Waals surface area contributed by atoms with E-state index in [2.05, 4.69) is 0 Å². The van der Waals surface area contributed by atoms with Crippen LogP contribution in [0.4, 0.5) is 18.9 Å². The standard InChI is InChI=1S/C16H15F3N2O2S/c17-12-4-6-13(7-5-12)24(22,23)21-10-8-20(9-11-21)16-14(18)2-1-3-15(16)19/h1-7H,8-11H2. The Morgan fingerprint density at radius 3 is 1.88 bits per heavy atom. The van der Waals surface area contributed by atoms with Gasteiger partial charge in [-0.2, -0.15) is 4.31 Å². The Balaban J connectivity index is 1.76. The lowest BCUT2D eigenvalue weighted by molar-refractivity contribution is 0.381. The van der Waals surface area contributed by atoms with Gasteiger partial charge in [0.05, 0.1) is 4.90 Å². The largest absolute Gasteiger partial charge is 0.364 e. The van der Waals surface area contributed by atoms with E-state index in [1.807, 2.05) is 0 Å². The van der Waals surface area contributed by atoms with Crippen molar-refractivity contribution in [2.75, 3.05) is 31.1 Å². The third-order valence-electron chi connectivity index (χ3n) is 3.94. The molecule has 0 aromatic heterocycles. The Morgan fingerprint density at radius 2 is 1.33 bits per heavy atom. The summed E-state index contributed by atoms with van der Waals surface area (Å²) in [7, 11) is -3.75. The minimum absolute atomic E-state index is 0.00516. The van der Waals surface area contributed by atoms with E-state index in [4.69, 9.17) is 0 Å². The third kappa shape index (κ3) is 3.11. The molecule has 2 aromatic carbocycles. The molecular weight excluding hydrogens is 341 g/mol. The molecule has 0 atom stereocenters. The van der Waals surface area contributed by atoms with Gasteiger partial charge in [-0.3, -0.25) is 0 Å². The van der Waals surface area contributed by atoms with Crippen molar-refractivity contribution < 1.29 is 21.6 Å². The van der Waals surface area contributed by atoms with Gasteiger partial charge in [0.15, 0.2) is 0 Å². The number of nitrogens with zero attached hydrogens (tertiary/aromatic N) is 2. The molecule has 0 spiro atoms. The Labute approximate surface area is 138 Å². The van der Waals surface area contributed by atoms with Crippen molar-refractivity contribution in [3.63, 3.8) is 0 Å². The van der Waals surface area contributed by atoms with Crippen molar-refractivity contribution >= 4 is 15.7 Å². The van der Waals surface area contributed by atoms with Gasteiger partial charge in [-0.1, -0.05) is 6.07 Å². The van der Waals surface area contributed by atoms with E-state index in [1.165, 1.54) is 39.5 Å². The lowest BCUT2D eigenvalue weighted by Gasteiger charge is -2.35. The highest BCUT2D eigenvalue weighted by Crippen LogP contribution is 2.26. The topological polar surface area (TPSA) is 40.6 Å². The molecule has 24 heavy (non-hydrogen) atoms. The van der Waals surface area contributed by atoms with Crippen LogP contribution in [0.25, 0.3) is 0 Å². The SMILES string of the molecule is O=S(=O)(c1ccc(F)cc1)N1CCN(c2c(F)cccc2F)CC1. The van der Waals surface area contributed by atoms with Gasteiger partial charge in [-0.05, 0) is 36.4 Å². The smallest absolute Gasteiger partial charge is 0.243 e. The summed E-state index contributed by atoms with van der Waals surface area (Å²) in [4.78, 5) is 1.48. The van der Waals surface area contributed by atoms with Crippen molar-refractivity contribution in [1.29, 1.82) is 0 Å². The highest BCUT2D eigenvalue weighted by molar-refractivity contribution is 7.89. The fraction of sp³-hybridized carbons (Fsp3) is 0.250. The molecule has 0 unspecified atom stereocenters. The predicted octanol–water partition coefficient (Wildman–Crippen LogP) is 2.61. The van der Waals surface area contributed by atoms with Crippen LogP contribution in [0.2, 0.25) is 0 Å². The molecule has 0 N–H and O–H groups in total. The minimum Gasteiger partial charge on any atom is -0.364 e. The second-order valence-electron chi connectivity index (χ2n) is 5.42. The summed E-state index contributed by atoms with van der Waals surface area (Å²) in [5.41, 5.74) is -0.142. The van der Waals surface area contributed by atoms with E-state index in [9.17, 15) is 21.6 Å². The maximum atomic E-state index is 13.8. The number of hydrogen-bond donors (Lipinski definition) is 0. The summed E-state index contributed by atoms with van der Waals surface area (Å²) in [6.07, 6.45) is 0. The molecule has 4 nitrogen and oxygen atoms in total. The molecule has 8 heteroatoms. The van der Waals surface area contributed by atoms with Crippen LogP contribution in [0.3, 0.4) is 0 Å². The molecule has 0 radical (unpaired) electrons. The zero-order valence-electron chi connectivity index (χ0n) is 12.6. The van der Waals surface area contributed by atoms with Crippen LogP contribution in [-0.2, 0) is 10.0 Å². The van der Waals surface area contributed by atoms with E-state index in [0.717, 1.165) is 12.1 Å². The van der Waals surface area contributed by atoms with Gasteiger partial charge in [0.1, 0.15) is 23.1 Å². The second-order valence-corrected chi connectivity index (χ2v) is 7.35. The fourth-order valence-electron chi connectivity index (χ4n) is 2.70. The molecule has 3 rings (SSSR count). The van der Waals surface area contributed by atoms with E-state index in [0.29, 0.717) is 0 Å². The van der Waals surface area contributed by atoms with E-state index >= 15 is 0 Å². The molecule has 1 aliphatic rings. The molecule has 0 saturated carbocycles. The number of rotatable bonds is 3. The average molecular weight is 356 g/mol. The first-order valence-electron chi connectivity index (χ1n) is 7.34. The molecule has 0 aliphatic carbocycles. The van der Waals surface area contributed by atoms with Gasteiger partial charge in [0, 0.05) is 26.2 Å². The van der Waals surface area contributed by atoms with Crippen molar-refractivity contribution in [2.24, 2.45) is 0 Å². The molecule has 1 heterocycles. The molecular formula is C16H15F3N2O2S. The lowest BCUT2D eigenvalue weighted by Crippen LogP contribution is -2.49. The zero-order valence-corrected chi connectivity index (χ0v) is 13.4. The maximum absolute atomic E-state index is 13.8. The summed E-state index contributed by atoms with van der Waals surface area (Å²) in [6, 6.07) is 8.18. The van der Waals surface area contributed by atoms with E-state index in [-0.39, 0.29) is 36.8 Å². The summed E-state index contributed by atoms with van der Waals surface area (Å²) in [5, 5.41) is 0. The van der Waals surface area contributed by atoms with Crippen LogP contribution in [0.5, 0.6) is 0 Å². The van der Waals surface area contributed by atoms with Gasteiger partial charge in [-0.15, -0.1) is 0 Å². The molecule has 0 amide bonds. The Morgan fingerprint density at radius 1 is 0.792 bits per heavy atom. The normalized spacial score (nSPS) is 16.4. The quantitative estimate of drug-likeness (QED) is 0.849. The predicted molar refractivity (Wildman–Crippen MR) is 83.7 cm³/mol. The van der Waals surface area contributed by atoms with Crippen LogP contribution in [0.1, 0.15) is 0 Å². The van der Waals surface area contributed by atoms with Gasteiger partial charge in [0.2, 0.25) is 10.0 Å². The summed E-state index contributed by atoms with van der Waals surface area (Å²) < 4.78 is 66.8. The van der Waals surface area contributed by atoms with Crippen LogP contribution in [0.15, 0.2) is 47.4 Å². The van der Waals surface area contributed by atoms with Crippen LogP contribution >= 0.6 is 0 Å². The summed E-state index contributed by atoms with van der Waals surface area (Å²) in [5.74, 6) is -1.87. The second kappa shape index (κ2) is 6.45. The highest BCUT2D eigenvalue weighted by atomic mass is 32.2. The van der Waals surface area contributed by atoms with Gasteiger partial charge in [0.25, 0.3) is 0 Å². The number of sulfonamides is 1. The van der Waals surface area contributed by atoms with Gasteiger partial charge < -0.3 is 4.90 Å². The Hall–Kier alpha value is -2.06. The summed E-state index contributed by atoms with van der Waals surface area (Å²) in [6.45, 7) is 0.511.